The molecule has 1 atom stereocenters. The minimum absolute atomic E-state index is 0.0670. The van der Waals surface area contributed by atoms with E-state index in [1.54, 1.807) is 7.11 Å². The van der Waals surface area contributed by atoms with E-state index in [1.165, 1.54) is 0 Å². The first-order chi connectivity index (χ1) is 7.70. The molecule has 94 valence electrons. The smallest absolute Gasteiger partial charge is 0.227 e. The molecule has 4 nitrogen and oxygen atoms in total. The van der Waals surface area contributed by atoms with Crippen molar-refractivity contribution < 1.29 is 9.53 Å². The summed E-state index contributed by atoms with van der Waals surface area (Å²) in [6.07, 6.45) is 2.31. The Morgan fingerprint density at radius 2 is 2.25 bits per heavy atom. The molecule has 0 bridgehead atoms. The van der Waals surface area contributed by atoms with Gasteiger partial charge in [0.05, 0.1) is 6.61 Å². The first kappa shape index (κ1) is 13.5. The number of carbonyl (C=O) groups is 1. The van der Waals surface area contributed by atoms with Gasteiger partial charge in [-0.3, -0.25) is 4.79 Å². The van der Waals surface area contributed by atoms with Gasteiger partial charge in [-0.1, -0.05) is 13.8 Å². The maximum atomic E-state index is 12.2. The Kier molecular flexibility index (Phi) is 5.77. The highest BCUT2D eigenvalue weighted by Gasteiger charge is 2.33. The molecule has 1 amide bonds. The van der Waals surface area contributed by atoms with Crippen molar-refractivity contribution in [3.63, 3.8) is 0 Å². The molecule has 0 radical (unpaired) electrons. The van der Waals surface area contributed by atoms with Crippen molar-refractivity contribution in [1.82, 2.24) is 10.2 Å². The van der Waals surface area contributed by atoms with Gasteiger partial charge in [-0.2, -0.15) is 0 Å². The van der Waals surface area contributed by atoms with Gasteiger partial charge in [0.25, 0.3) is 0 Å². The summed E-state index contributed by atoms with van der Waals surface area (Å²) in [6.45, 7) is 7.10. The highest BCUT2D eigenvalue weighted by Crippen LogP contribution is 2.27. The van der Waals surface area contributed by atoms with Gasteiger partial charge in [-0.15, -0.1) is 0 Å². The van der Waals surface area contributed by atoms with Crippen LogP contribution in [0, 0.1) is 5.92 Å². The highest BCUT2D eigenvalue weighted by atomic mass is 16.5. The summed E-state index contributed by atoms with van der Waals surface area (Å²) in [4.78, 5) is 14.2. The SMILES string of the molecule is CCNCC(C)C(=O)N(CCOC)C1CC1. The van der Waals surface area contributed by atoms with Gasteiger partial charge in [-0.25, -0.2) is 0 Å². The van der Waals surface area contributed by atoms with E-state index >= 15 is 0 Å². The lowest BCUT2D eigenvalue weighted by Crippen LogP contribution is -2.42. The molecule has 1 rings (SSSR count). The Labute approximate surface area is 98.3 Å². The molecule has 0 aromatic rings. The topological polar surface area (TPSA) is 41.6 Å². The zero-order valence-electron chi connectivity index (χ0n) is 10.7. The number of methoxy groups -OCH3 is 1. The number of carbonyl (C=O) groups excluding carboxylic acids is 1. The Morgan fingerprint density at radius 1 is 1.56 bits per heavy atom. The number of rotatable bonds is 8. The number of ether oxygens (including phenoxy) is 1. The summed E-state index contributed by atoms with van der Waals surface area (Å²) in [5.41, 5.74) is 0. The van der Waals surface area contributed by atoms with E-state index in [-0.39, 0.29) is 11.8 Å². The quantitative estimate of drug-likeness (QED) is 0.670. The zero-order valence-corrected chi connectivity index (χ0v) is 10.7. The molecule has 16 heavy (non-hydrogen) atoms. The third-order valence-electron chi connectivity index (χ3n) is 2.93. The molecular formula is C12H24N2O2. The van der Waals surface area contributed by atoms with E-state index in [9.17, 15) is 4.79 Å². The molecule has 1 unspecified atom stereocenters. The second kappa shape index (κ2) is 6.86. The van der Waals surface area contributed by atoms with E-state index < -0.39 is 0 Å². The lowest BCUT2D eigenvalue weighted by molar-refractivity contribution is -0.136. The van der Waals surface area contributed by atoms with Crippen LogP contribution in [-0.2, 0) is 9.53 Å². The summed E-state index contributed by atoms with van der Waals surface area (Å²) in [5, 5.41) is 3.22. The van der Waals surface area contributed by atoms with Gasteiger partial charge in [0.15, 0.2) is 0 Å². The maximum absolute atomic E-state index is 12.2. The van der Waals surface area contributed by atoms with Crippen molar-refractivity contribution >= 4 is 5.91 Å². The lowest BCUT2D eigenvalue weighted by Gasteiger charge is -2.25. The molecule has 4 heteroatoms. The minimum Gasteiger partial charge on any atom is -0.383 e. The van der Waals surface area contributed by atoms with Crippen LogP contribution in [0.25, 0.3) is 0 Å². The highest BCUT2D eigenvalue weighted by molar-refractivity contribution is 5.79. The fourth-order valence-electron chi connectivity index (χ4n) is 1.78. The minimum atomic E-state index is 0.0670. The third kappa shape index (κ3) is 4.10. The molecule has 1 aliphatic rings. The first-order valence-electron chi connectivity index (χ1n) is 6.20. The summed E-state index contributed by atoms with van der Waals surface area (Å²) < 4.78 is 5.05. The van der Waals surface area contributed by atoms with Crippen LogP contribution >= 0.6 is 0 Å². The van der Waals surface area contributed by atoms with Gasteiger partial charge in [0.1, 0.15) is 0 Å². The zero-order chi connectivity index (χ0) is 12.0. The Hall–Kier alpha value is -0.610. The summed E-state index contributed by atoms with van der Waals surface area (Å²) in [6, 6.07) is 0.478. The molecule has 1 N–H and O–H groups in total. The van der Waals surface area contributed by atoms with Gasteiger partial charge >= 0.3 is 0 Å². The van der Waals surface area contributed by atoms with Crippen LogP contribution in [0.15, 0.2) is 0 Å². The summed E-state index contributed by atoms with van der Waals surface area (Å²) >= 11 is 0. The van der Waals surface area contributed by atoms with Crippen LogP contribution in [0.1, 0.15) is 26.7 Å². The van der Waals surface area contributed by atoms with E-state index in [4.69, 9.17) is 4.74 Å². The van der Waals surface area contributed by atoms with Crippen LogP contribution in [0.4, 0.5) is 0 Å². The summed E-state index contributed by atoms with van der Waals surface area (Å²) in [5.74, 6) is 0.331. The fraction of sp³-hybridized carbons (Fsp3) is 0.917. The largest absolute Gasteiger partial charge is 0.383 e. The van der Waals surface area contributed by atoms with Crippen molar-refractivity contribution in [3.8, 4) is 0 Å². The van der Waals surface area contributed by atoms with Gasteiger partial charge < -0.3 is 15.0 Å². The Balaban J connectivity index is 2.39. The number of hydrogen-bond donors (Lipinski definition) is 1. The number of nitrogens with zero attached hydrogens (tertiary/aromatic N) is 1. The molecular weight excluding hydrogens is 204 g/mol. The molecule has 0 aliphatic heterocycles. The van der Waals surface area contributed by atoms with E-state index in [0.29, 0.717) is 12.6 Å². The van der Waals surface area contributed by atoms with Crippen molar-refractivity contribution in [2.24, 2.45) is 5.92 Å². The van der Waals surface area contributed by atoms with E-state index in [2.05, 4.69) is 12.2 Å². The van der Waals surface area contributed by atoms with Crippen LogP contribution < -0.4 is 5.32 Å². The van der Waals surface area contributed by atoms with Crippen LogP contribution in [-0.4, -0.2) is 50.2 Å². The van der Waals surface area contributed by atoms with Crippen molar-refractivity contribution in [1.29, 1.82) is 0 Å². The Bertz CT molecular complexity index is 217. The standard InChI is InChI=1S/C12H24N2O2/c1-4-13-9-10(2)12(15)14(7-8-16-3)11-5-6-11/h10-11,13H,4-9H2,1-3H3. The third-order valence-corrected chi connectivity index (χ3v) is 2.93. The average Bonchev–Trinajstić information content (AvgIpc) is 3.10. The molecule has 0 aromatic heterocycles. The lowest BCUT2D eigenvalue weighted by atomic mass is 10.1. The van der Waals surface area contributed by atoms with Crippen molar-refractivity contribution in [3.05, 3.63) is 0 Å². The molecule has 1 aliphatic carbocycles. The molecule has 0 heterocycles. The fourth-order valence-corrected chi connectivity index (χ4v) is 1.78. The van der Waals surface area contributed by atoms with Gasteiger partial charge in [0, 0.05) is 32.2 Å². The molecule has 1 fully saturated rings. The van der Waals surface area contributed by atoms with Crippen molar-refractivity contribution in [2.45, 2.75) is 32.7 Å². The Morgan fingerprint density at radius 3 is 2.75 bits per heavy atom. The predicted molar refractivity (Wildman–Crippen MR) is 64.3 cm³/mol. The number of nitrogens with one attached hydrogen (secondary N) is 1. The molecule has 0 spiro atoms. The van der Waals surface area contributed by atoms with E-state index in [1.807, 2.05) is 11.8 Å². The monoisotopic (exact) mass is 228 g/mol. The van der Waals surface area contributed by atoms with Crippen LogP contribution in [0.3, 0.4) is 0 Å². The predicted octanol–water partition coefficient (Wildman–Crippen LogP) is 0.869. The number of amides is 1. The second-order valence-corrected chi connectivity index (χ2v) is 4.46. The maximum Gasteiger partial charge on any atom is 0.227 e. The summed E-state index contributed by atoms with van der Waals surface area (Å²) in [7, 11) is 1.68. The molecule has 0 saturated heterocycles. The van der Waals surface area contributed by atoms with Crippen molar-refractivity contribution in [2.75, 3.05) is 33.4 Å². The molecule has 1 saturated carbocycles. The van der Waals surface area contributed by atoms with Crippen LogP contribution in [0.5, 0.6) is 0 Å². The van der Waals surface area contributed by atoms with Gasteiger partial charge in [-0.05, 0) is 19.4 Å². The number of hydrogen-bond acceptors (Lipinski definition) is 3. The second-order valence-electron chi connectivity index (χ2n) is 4.46. The van der Waals surface area contributed by atoms with Gasteiger partial charge in [0.2, 0.25) is 5.91 Å². The average molecular weight is 228 g/mol. The van der Waals surface area contributed by atoms with Crippen LogP contribution in [0.2, 0.25) is 0 Å². The van der Waals surface area contributed by atoms with E-state index in [0.717, 1.165) is 32.5 Å². The normalized spacial score (nSPS) is 17.2. The first-order valence-corrected chi connectivity index (χ1v) is 6.20. The molecule has 0 aromatic carbocycles.